The molecular weight excluding hydrogens is 344 g/mol. The maximum atomic E-state index is 12.6. The van der Waals surface area contributed by atoms with Crippen molar-refractivity contribution in [3.8, 4) is 0 Å². The van der Waals surface area contributed by atoms with Crippen molar-refractivity contribution in [2.75, 3.05) is 0 Å². The van der Waals surface area contributed by atoms with Crippen molar-refractivity contribution in [2.24, 2.45) is 28.2 Å². The second-order valence-corrected chi connectivity index (χ2v) is 5.93. The van der Waals surface area contributed by atoms with E-state index in [0.29, 0.717) is 0 Å². The molecule has 0 fully saturated rings. The van der Waals surface area contributed by atoms with Crippen LogP contribution in [0.5, 0.6) is 0 Å². The Bertz CT molecular complexity index is 1340. The minimum atomic E-state index is -0.566. The minimum Gasteiger partial charge on any atom is -0.279 e. The van der Waals surface area contributed by atoms with E-state index >= 15 is 0 Å². The van der Waals surface area contributed by atoms with Gasteiger partial charge >= 0.3 is 11.4 Å². The smallest absolute Gasteiger partial charge is 0.279 e. The molecule has 0 saturated heterocycles. The molecule has 134 valence electrons. The molecule has 4 aromatic heterocycles. The molecule has 0 radical (unpaired) electrons. The summed E-state index contributed by atoms with van der Waals surface area (Å²) in [5, 5.41) is 0. The Kier molecular flexibility index (Phi) is 2.98. The van der Waals surface area contributed by atoms with E-state index in [1.54, 1.807) is 0 Å². The SMILES string of the molecule is Cn1c(=O)c2c(ncn2-n2cnc3c2c(=O)n(C)c(=O)n3C)n(C)c1=O. The van der Waals surface area contributed by atoms with Crippen LogP contribution in [0.1, 0.15) is 0 Å². The van der Waals surface area contributed by atoms with E-state index in [-0.39, 0.29) is 22.3 Å². The molecule has 0 bridgehead atoms. The molecule has 0 spiro atoms. The predicted molar refractivity (Wildman–Crippen MR) is 91.2 cm³/mol. The number of imidazole rings is 2. The Labute approximate surface area is 143 Å². The van der Waals surface area contributed by atoms with Gasteiger partial charge in [0.05, 0.1) is 0 Å². The van der Waals surface area contributed by atoms with Crippen molar-refractivity contribution in [1.29, 1.82) is 0 Å². The zero-order valence-corrected chi connectivity index (χ0v) is 14.4. The highest BCUT2D eigenvalue weighted by atomic mass is 16.2. The van der Waals surface area contributed by atoms with Gasteiger partial charge in [0, 0.05) is 28.2 Å². The van der Waals surface area contributed by atoms with Crippen LogP contribution in [0.3, 0.4) is 0 Å². The van der Waals surface area contributed by atoms with Gasteiger partial charge in [0.25, 0.3) is 11.1 Å². The quantitative estimate of drug-likeness (QED) is 0.370. The summed E-state index contributed by atoms with van der Waals surface area (Å²) >= 11 is 0. The number of fused-ring (bicyclic) bond motifs is 2. The number of rotatable bonds is 1. The highest BCUT2D eigenvalue weighted by Gasteiger charge is 2.20. The average molecular weight is 358 g/mol. The standard InChI is InChI=1S/C14H14N8O4/c1-17-9-7(11(23)19(3)13(17)25)21(5-15-9)22-6-16-10-8(22)12(24)20(4)14(26)18(10)2/h5-6H,1-4H3. The third-order valence-electron chi connectivity index (χ3n) is 4.49. The lowest BCUT2D eigenvalue weighted by molar-refractivity contribution is 0.664. The molecule has 0 N–H and O–H groups in total. The van der Waals surface area contributed by atoms with Crippen molar-refractivity contribution in [2.45, 2.75) is 0 Å². The van der Waals surface area contributed by atoms with Crippen molar-refractivity contribution >= 4 is 22.3 Å². The second-order valence-electron chi connectivity index (χ2n) is 5.93. The first-order chi connectivity index (χ1) is 12.3. The number of nitrogens with zero attached hydrogens (tertiary/aromatic N) is 8. The Morgan fingerprint density at radius 1 is 0.615 bits per heavy atom. The molecule has 0 unspecified atom stereocenters. The fraction of sp³-hybridized carbons (Fsp3) is 0.286. The van der Waals surface area contributed by atoms with Crippen LogP contribution in [0, 0.1) is 0 Å². The van der Waals surface area contributed by atoms with Gasteiger partial charge < -0.3 is 0 Å². The largest absolute Gasteiger partial charge is 0.332 e. The molecule has 0 aliphatic carbocycles. The molecule has 4 aromatic rings. The molecular formula is C14H14N8O4. The average Bonchev–Trinajstić information content (AvgIpc) is 3.25. The molecule has 0 aliphatic heterocycles. The van der Waals surface area contributed by atoms with E-state index in [9.17, 15) is 19.2 Å². The van der Waals surface area contributed by atoms with Crippen LogP contribution in [-0.2, 0) is 28.2 Å². The molecule has 12 nitrogen and oxygen atoms in total. The monoisotopic (exact) mass is 358 g/mol. The van der Waals surface area contributed by atoms with Gasteiger partial charge in [-0.1, -0.05) is 0 Å². The number of aryl methyl sites for hydroxylation is 2. The van der Waals surface area contributed by atoms with E-state index in [4.69, 9.17) is 0 Å². The first-order valence-corrected chi connectivity index (χ1v) is 7.52. The Hall–Kier alpha value is -3.70. The molecule has 0 aliphatic rings. The van der Waals surface area contributed by atoms with Gasteiger partial charge in [-0.05, 0) is 0 Å². The zero-order valence-electron chi connectivity index (χ0n) is 14.4. The topological polar surface area (TPSA) is 124 Å². The molecule has 0 saturated carbocycles. The lowest BCUT2D eigenvalue weighted by Gasteiger charge is -2.09. The summed E-state index contributed by atoms with van der Waals surface area (Å²) in [6.07, 6.45) is 2.63. The van der Waals surface area contributed by atoms with Gasteiger partial charge in [0.15, 0.2) is 22.3 Å². The molecule has 12 heteroatoms. The predicted octanol–water partition coefficient (Wildman–Crippen LogP) is -2.51. The van der Waals surface area contributed by atoms with E-state index < -0.39 is 22.5 Å². The molecule has 26 heavy (non-hydrogen) atoms. The summed E-state index contributed by atoms with van der Waals surface area (Å²) < 4.78 is 7.04. The minimum absolute atomic E-state index is 0.102. The number of hydrogen-bond acceptors (Lipinski definition) is 6. The van der Waals surface area contributed by atoms with Gasteiger partial charge in [0.1, 0.15) is 12.7 Å². The molecule has 0 amide bonds. The van der Waals surface area contributed by atoms with Crippen molar-refractivity contribution in [3.05, 3.63) is 54.3 Å². The van der Waals surface area contributed by atoms with E-state index in [0.717, 1.165) is 9.13 Å². The summed E-state index contributed by atoms with van der Waals surface area (Å²) in [6.45, 7) is 0. The van der Waals surface area contributed by atoms with Gasteiger partial charge in [-0.3, -0.25) is 27.9 Å². The van der Waals surface area contributed by atoms with Crippen molar-refractivity contribution < 1.29 is 0 Å². The zero-order chi connectivity index (χ0) is 18.9. The second kappa shape index (κ2) is 4.91. The van der Waals surface area contributed by atoms with E-state index in [1.165, 1.54) is 59.3 Å². The normalized spacial score (nSPS) is 11.7. The highest BCUT2D eigenvalue weighted by molar-refractivity contribution is 5.73. The third-order valence-corrected chi connectivity index (χ3v) is 4.49. The summed E-state index contributed by atoms with van der Waals surface area (Å²) in [5.41, 5.74) is -1.62. The first-order valence-electron chi connectivity index (χ1n) is 7.52. The van der Waals surface area contributed by atoms with Crippen molar-refractivity contribution in [1.82, 2.24) is 37.6 Å². The lowest BCUT2D eigenvalue weighted by Crippen LogP contribution is -2.39. The van der Waals surface area contributed by atoms with E-state index in [1.807, 2.05) is 0 Å². The third kappa shape index (κ3) is 1.72. The van der Waals surface area contributed by atoms with Crippen LogP contribution in [0.2, 0.25) is 0 Å². The fourth-order valence-electron chi connectivity index (χ4n) is 2.99. The van der Waals surface area contributed by atoms with Gasteiger partial charge in [-0.15, -0.1) is 0 Å². The van der Waals surface area contributed by atoms with E-state index in [2.05, 4.69) is 9.97 Å². The van der Waals surface area contributed by atoms with Crippen LogP contribution >= 0.6 is 0 Å². The summed E-state index contributed by atoms with van der Waals surface area (Å²) in [5.74, 6) is 0. The molecule has 4 heterocycles. The van der Waals surface area contributed by atoms with Gasteiger partial charge in [0.2, 0.25) is 0 Å². The molecule has 0 aromatic carbocycles. The Morgan fingerprint density at radius 2 is 0.962 bits per heavy atom. The maximum Gasteiger partial charge on any atom is 0.332 e. The molecule has 0 atom stereocenters. The van der Waals surface area contributed by atoms with Crippen LogP contribution in [0.4, 0.5) is 0 Å². The maximum absolute atomic E-state index is 12.6. The van der Waals surface area contributed by atoms with Gasteiger partial charge in [-0.2, -0.15) is 0 Å². The first kappa shape index (κ1) is 15.8. The van der Waals surface area contributed by atoms with Crippen molar-refractivity contribution in [3.63, 3.8) is 0 Å². The van der Waals surface area contributed by atoms with Crippen LogP contribution in [0.15, 0.2) is 31.8 Å². The van der Waals surface area contributed by atoms with Gasteiger partial charge in [-0.25, -0.2) is 28.9 Å². The molecule has 4 rings (SSSR count). The summed E-state index contributed by atoms with van der Waals surface area (Å²) in [4.78, 5) is 57.6. The number of hydrogen-bond donors (Lipinski definition) is 0. The summed E-state index contributed by atoms with van der Waals surface area (Å²) in [6, 6.07) is 0. The fourth-order valence-corrected chi connectivity index (χ4v) is 2.99. The Morgan fingerprint density at radius 3 is 1.31 bits per heavy atom. The number of aromatic nitrogens is 8. The van der Waals surface area contributed by atoms with Crippen LogP contribution in [0.25, 0.3) is 22.3 Å². The Balaban J connectivity index is 2.24. The van der Waals surface area contributed by atoms with Crippen LogP contribution < -0.4 is 22.5 Å². The van der Waals surface area contributed by atoms with Crippen LogP contribution in [-0.4, -0.2) is 37.6 Å². The summed E-state index contributed by atoms with van der Waals surface area (Å²) in [7, 11) is 5.71. The highest BCUT2D eigenvalue weighted by Crippen LogP contribution is 2.11. The lowest BCUT2D eigenvalue weighted by atomic mass is 10.5.